The van der Waals surface area contributed by atoms with Crippen LogP contribution in [0.3, 0.4) is 0 Å². The molecule has 0 unspecified atom stereocenters. The summed E-state index contributed by atoms with van der Waals surface area (Å²) in [7, 11) is -1.82. The van der Waals surface area contributed by atoms with Crippen LogP contribution in [0.4, 0.5) is 0 Å². The predicted molar refractivity (Wildman–Crippen MR) is 143 cm³/mol. The molecule has 2 atom stereocenters. The van der Waals surface area contributed by atoms with E-state index in [2.05, 4.69) is 44.1 Å². The predicted octanol–water partition coefficient (Wildman–Crippen LogP) is 5.54. The summed E-state index contributed by atoms with van der Waals surface area (Å²) in [6.07, 6.45) is 10.1. The molecule has 0 aliphatic heterocycles. The van der Waals surface area contributed by atoms with Crippen molar-refractivity contribution < 1.29 is 22.4 Å². The molecule has 1 aliphatic carbocycles. The molecule has 0 bridgehead atoms. The number of aryl methyl sites for hydroxylation is 1. The van der Waals surface area contributed by atoms with Gasteiger partial charge < -0.3 is 15.2 Å². The summed E-state index contributed by atoms with van der Waals surface area (Å²) < 4.78 is 33.4. The van der Waals surface area contributed by atoms with Gasteiger partial charge in [0.05, 0.1) is 12.9 Å². The van der Waals surface area contributed by atoms with Crippen molar-refractivity contribution in [2.45, 2.75) is 78.6 Å². The number of nitrogens with zero attached hydrogens (tertiary/aromatic N) is 1. The fraction of sp³-hybridized carbons (Fsp3) is 0.667. The van der Waals surface area contributed by atoms with Gasteiger partial charge in [-0.15, -0.1) is 0 Å². The second-order valence-corrected chi connectivity index (χ2v) is 11.6. The molecule has 2 rings (SSSR count). The summed E-state index contributed by atoms with van der Waals surface area (Å²) >= 11 is 0. The van der Waals surface area contributed by atoms with Crippen molar-refractivity contribution in [3.63, 3.8) is 0 Å². The number of unbranched alkanes of at least 4 members (excludes halogenated alkanes) is 2. The molecule has 7 nitrogen and oxygen atoms in total. The SMILES string of the molecule is CCCCCc1cc(O)c([C@@H]2C=C(C)CC[C@H]2C(C)C)c(OC(=NC)NCCCOS(C)(=O)=O)c1. The van der Waals surface area contributed by atoms with E-state index in [-0.39, 0.29) is 18.3 Å². The van der Waals surface area contributed by atoms with Crippen molar-refractivity contribution in [1.82, 2.24) is 5.32 Å². The summed E-state index contributed by atoms with van der Waals surface area (Å²) in [5.74, 6) is 1.82. The van der Waals surface area contributed by atoms with Crippen molar-refractivity contribution >= 4 is 16.1 Å². The average molecular weight is 509 g/mol. The van der Waals surface area contributed by atoms with Crippen LogP contribution in [0.1, 0.15) is 83.3 Å². The highest BCUT2D eigenvalue weighted by atomic mass is 32.2. The minimum Gasteiger partial charge on any atom is -0.507 e. The normalized spacial score (nSPS) is 19.1. The highest BCUT2D eigenvalue weighted by Gasteiger charge is 2.32. The molecule has 35 heavy (non-hydrogen) atoms. The molecule has 0 saturated carbocycles. The van der Waals surface area contributed by atoms with E-state index in [0.29, 0.717) is 36.6 Å². The fourth-order valence-electron chi connectivity index (χ4n) is 4.69. The van der Waals surface area contributed by atoms with E-state index in [1.807, 2.05) is 12.1 Å². The van der Waals surface area contributed by atoms with Gasteiger partial charge in [0, 0.05) is 25.1 Å². The number of nitrogens with one attached hydrogen (secondary N) is 1. The van der Waals surface area contributed by atoms with E-state index >= 15 is 0 Å². The van der Waals surface area contributed by atoms with E-state index in [9.17, 15) is 13.5 Å². The number of aromatic hydroxyl groups is 1. The van der Waals surface area contributed by atoms with Crippen molar-refractivity contribution in [1.29, 1.82) is 0 Å². The summed E-state index contributed by atoms with van der Waals surface area (Å²) in [5.41, 5.74) is 3.19. The molecule has 0 heterocycles. The van der Waals surface area contributed by atoms with Gasteiger partial charge >= 0.3 is 0 Å². The number of phenolic OH excluding ortho intramolecular Hbond substituents is 1. The van der Waals surface area contributed by atoms with Crippen LogP contribution in [-0.2, 0) is 20.7 Å². The Labute approximate surface area is 212 Å². The van der Waals surface area contributed by atoms with Crippen LogP contribution in [0.5, 0.6) is 11.5 Å². The van der Waals surface area contributed by atoms with Gasteiger partial charge in [0.15, 0.2) is 0 Å². The van der Waals surface area contributed by atoms with Gasteiger partial charge in [0.1, 0.15) is 11.5 Å². The lowest BCUT2D eigenvalue weighted by molar-refractivity contribution is 0.305. The summed E-state index contributed by atoms with van der Waals surface area (Å²) in [6, 6.07) is 4.26. The second-order valence-electron chi connectivity index (χ2n) is 9.91. The molecule has 0 aromatic heterocycles. The number of hydrogen-bond acceptors (Lipinski definition) is 6. The van der Waals surface area contributed by atoms with E-state index in [4.69, 9.17) is 8.92 Å². The molecule has 0 saturated heterocycles. The van der Waals surface area contributed by atoms with Gasteiger partial charge in [-0.25, -0.2) is 4.99 Å². The van der Waals surface area contributed by atoms with Crippen molar-refractivity contribution in [2.75, 3.05) is 26.5 Å². The van der Waals surface area contributed by atoms with E-state index in [1.54, 1.807) is 7.05 Å². The Morgan fingerprint density at radius 3 is 2.63 bits per heavy atom. The first-order valence-electron chi connectivity index (χ1n) is 12.8. The minimum absolute atomic E-state index is 0.0599. The van der Waals surface area contributed by atoms with Crippen LogP contribution in [-0.4, -0.2) is 46.0 Å². The highest BCUT2D eigenvalue weighted by Crippen LogP contribution is 2.47. The van der Waals surface area contributed by atoms with Crippen LogP contribution in [0.15, 0.2) is 28.8 Å². The molecule has 198 valence electrons. The Hall–Kier alpha value is -2.06. The number of hydrogen-bond donors (Lipinski definition) is 2. The molecule has 1 aromatic rings. The van der Waals surface area contributed by atoms with Crippen molar-refractivity contribution in [3.8, 4) is 11.5 Å². The lowest BCUT2D eigenvalue weighted by Crippen LogP contribution is -2.31. The van der Waals surface area contributed by atoms with E-state index in [1.165, 1.54) is 5.57 Å². The Balaban J connectivity index is 2.32. The summed E-state index contributed by atoms with van der Waals surface area (Å²) in [5, 5.41) is 14.4. The molecule has 2 N–H and O–H groups in total. The van der Waals surface area contributed by atoms with Gasteiger partial charge in [-0.3, -0.25) is 4.18 Å². The zero-order valence-electron chi connectivity index (χ0n) is 22.3. The minimum atomic E-state index is -3.46. The maximum Gasteiger partial charge on any atom is 0.289 e. The highest BCUT2D eigenvalue weighted by molar-refractivity contribution is 7.85. The zero-order valence-corrected chi connectivity index (χ0v) is 23.1. The number of benzene rings is 1. The standard InChI is InChI=1S/C27H44N2O5S/c1-7-8-9-11-21-17-24(30)26(23-16-20(4)12-13-22(23)19(2)3)25(18-21)34-27(28-5)29-14-10-15-33-35(6,31)32/h16-19,22-23,30H,7-15H2,1-6H3,(H,28,29)/t22-,23+/m0/s1. The van der Waals surface area contributed by atoms with Crippen LogP contribution in [0, 0.1) is 11.8 Å². The molecule has 8 heteroatoms. The average Bonchev–Trinajstić information content (AvgIpc) is 2.77. The van der Waals surface area contributed by atoms with Gasteiger partial charge in [-0.1, -0.05) is 45.3 Å². The van der Waals surface area contributed by atoms with E-state index in [0.717, 1.165) is 55.9 Å². The van der Waals surface area contributed by atoms with Gasteiger partial charge in [-0.05, 0) is 68.6 Å². The third-order valence-corrected chi connectivity index (χ3v) is 7.14. The summed E-state index contributed by atoms with van der Waals surface area (Å²) in [6.45, 7) is 9.33. The number of phenols is 1. The molecular weight excluding hydrogens is 464 g/mol. The van der Waals surface area contributed by atoms with Gasteiger partial charge in [0.2, 0.25) is 0 Å². The molecule has 0 amide bonds. The largest absolute Gasteiger partial charge is 0.507 e. The second kappa shape index (κ2) is 13.9. The Morgan fingerprint density at radius 2 is 2.00 bits per heavy atom. The third-order valence-electron chi connectivity index (χ3n) is 6.54. The molecule has 1 aromatic carbocycles. The third kappa shape index (κ3) is 9.49. The van der Waals surface area contributed by atoms with Crippen molar-refractivity contribution in [2.24, 2.45) is 16.8 Å². The number of aliphatic imine (C=N–C) groups is 1. The monoisotopic (exact) mass is 508 g/mol. The maximum atomic E-state index is 11.2. The lowest BCUT2D eigenvalue weighted by atomic mass is 9.71. The number of amidine groups is 1. The maximum absolute atomic E-state index is 11.2. The fourth-order valence-corrected chi connectivity index (χ4v) is 5.11. The number of rotatable bonds is 12. The Kier molecular flexibility index (Phi) is 11.6. The molecule has 0 fully saturated rings. The Morgan fingerprint density at radius 1 is 1.26 bits per heavy atom. The van der Waals surface area contributed by atoms with Crippen molar-refractivity contribution in [3.05, 3.63) is 34.9 Å². The quantitative estimate of drug-likeness (QED) is 0.126. The smallest absolute Gasteiger partial charge is 0.289 e. The van der Waals surface area contributed by atoms with Gasteiger partial charge in [-0.2, -0.15) is 8.42 Å². The molecule has 1 aliphatic rings. The first-order valence-corrected chi connectivity index (χ1v) is 14.6. The molecular formula is C27H44N2O5S. The van der Waals surface area contributed by atoms with Crippen LogP contribution in [0.2, 0.25) is 0 Å². The topological polar surface area (TPSA) is 97.2 Å². The van der Waals surface area contributed by atoms with Crippen LogP contribution < -0.4 is 10.1 Å². The number of ether oxygens (including phenoxy) is 1. The first kappa shape index (κ1) is 29.2. The van der Waals surface area contributed by atoms with E-state index < -0.39 is 10.1 Å². The molecule has 0 spiro atoms. The lowest BCUT2D eigenvalue weighted by Gasteiger charge is -2.34. The van der Waals surface area contributed by atoms with Crippen LogP contribution >= 0.6 is 0 Å². The first-order chi connectivity index (χ1) is 16.6. The molecule has 0 radical (unpaired) electrons. The summed E-state index contributed by atoms with van der Waals surface area (Å²) in [4.78, 5) is 4.25. The van der Waals surface area contributed by atoms with Gasteiger partial charge in [0.25, 0.3) is 16.1 Å². The Bertz CT molecular complexity index is 986. The zero-order chi connectivity index (χ0) is 26.0. The number of allylic oxidation sites excluding steroid dienone is 2. The van der Waals surface area contributed by atoms with Crippen LogP contribution in [0.25, 0.3) is 0 Å².